The highest BCUT2D eigenvalue weighted by molar-refractivity contribution is 6.31. The molecule has 4 nitrogen and oxygen atoms in total. The number of carbonyl (C=O) groups is 1. The maximum atomic E-state index is 12.0. The molecule has 0 aromatic heterocycles. The van der Waals surface area contributed by atoms with Crippen LogP contribution < -0.4 is 11.1 Å². The molecule has 2 aromatic carbocycles. The molecule has 0 saturated heterocycles. The Hall–Kier alpha value is -2.20. The van der Waals surface area contributed by atoms with E-state index < -0.39 is 0 Å². The molecule has 0 spiro atoms. The van der Waals surface area contributed by atoms with Crippen LogP contribution in [0.2, 0.25) is 5.02 Å². The lowest BCUT2D eigenvalue weighted by molar-refractivity contribution is 0.0955. The summed E-state index contributed by atoms with van der Waals surface area (Å²) < 4.78 is 0. The van der Waals surface area contributed by atoms with E-state index in [0.717, 1.165) is 5.56 Å². The number of hydrogen-bond donors (Lipinski definition) is 3. The monoisotopic (exact) mass is 290 g/mol. The van der Waals surface area contributed by atoms with Gasteiger partial charge in [-0.1, -0.05) is 23.7 Å². The summed E-state index contributed by atoms with van der Waals surface area (Å²) in [5.74, 6) is -0.0201. The molecule has 2 rings (SSSR count). The predicted molar refractivity (Wildman–Crippen MR) is 80.0 cm³/mol. The molecule has 0 aliphatic heterocycles. The Labute approximate surface area is 122 Å². The molecular formula is C15H15ClN2O2. The molecule has 0 unspecified atom stereocenters. The van der Waals surface area contributed by atoms with Crippen molar-refractivity contribution in [3.8, 4) is 5.75 Å². The van der Waals surface area contributed by atoms with Gasteiger partial charge >= 0.3 is 0 Å². The average Bonchev–Trinajstić information content (AvgIpc) is 2.43. The summed E-state index contributed by atoms with van der Waals surface area (Å²) in [6.45, 7) is 0.482. The van der Waals surface area contributed by atoms with Crippen molar-refractivity contribution in [3.63, 3.8) is 0 Å². The fourth-order valence-electron chi connectivity index (χ4n) is 1.80. The maximum Gasteiger partial charge on any atom is 0.253 e. The van der Waals surface area contributed by atoms with Gasteiger partial charge in [0.25, 0.3) is 5.91 Å². The number of carbonyl (C=O) groups excluding carboxylic acids is 1. The SMILES string of the molecule is Nc1ccc(Cl)cc1C(=O)NCCc1ccc(O)cc1. The van der Waals surface area contributed by atoms with Crippen LogP contribution in [0.15, 0.2) is 42.5 Å². The van der Waals surface area contributed by atoms with Gasteiger partial charge in [0.15, 0.2) is 0 Å². The zero-order chi connectivity index (χ0) is 14.5. The van der Waals surface area contributed by atoms with E-state index >= 15 is 0 Å². The Morgan fingerprint density at radius 1 is 1.20 bits per heavy atom. The van der Waals surface area contributed by atoms with Gasteiger partial charge in [-0.2, -0.15) is 0 Å². The molecule has 0 atom stereocenters. The second kappa shape index (κ2) is 6.30. The van der Waals surface area contributed by atoms with Gasteiger partial charge in [0.05, 0.1) is 5.56 Å². The van der Waals surface area contributed by atoms with Crippen LogP contribution in [-0.4, -0.2) is 17.6 Å². The van der Waals surface area contributed by atoms with Gasteiger partial charge < -0.3 is 16.2 Å². The van der Waals surface area contributed by atoms with Gasteiger partial charge in [0.1, 0.15) is 5.75 Å². The van der Waals surface area contributed by atoms with Crippen molar-refractivity contribution in [3.05, 3.63) is 58.6 Å². The molecule has 104 valence electrons. The Morgan fingerprint density at radius 2 is 1.90 bits per heavy atom. The average molecular weight is 291 g/mol. The Bertz CT molecular complexity index is 612. The molecule has 5 heteroatoms. The maximum absolute atomic E-state index is 12.0. The van der Waals surface area contributed by atoms with E-state index in [1.54, 1.807) is 30.3 Å². The van der Waals surface area contributed by atoms with Gasteiger partial charge in [-0.05, 0) is 42.3 Å². The molecule has 20 heavy (non-hydrogen) atoms. The van der Waals surface area contributed by atoms with Crippen molar-refractivity contribution in [1.29, 1.82) is 0 Å². The van der Waals surface area contributed by atoms with E-state index in [1.165, 1.54) is 0 Å². The van der Waals surface area contributed by atoms with Crippen LogP contribution in [-0.2, 0) is 6.42 Å². The van der Waals surface area contributed by atoms with Crippen LogP contribution in [0.4, 0.5) is 5.69 Å². The van der Waals surface area contributed by atoms with E-state index in [-0.39, 0.29) is 11.7 Å². The van der Waals surface area contributed by atoms with E-state index in [0.29, 0.717) is 29.2 Å². The summed E-state index contributed by atoms with van der Waals surface area (Å²) in [5.41, 5.74) is 7.55. The highest BCUT2D eigenvalue weighted by Gasteiger charge is 2.09. The third-order valence-electron chi connectivity index (χ3n) is 2.90. The number of phenolic OH excluding ortho intramolecular Hbond substituents is 1. The standard InChI is InChI=1S/C15H15ClN2O2/c16-11-3-6-14(17)13(9-11)15(20)18-8-7-10-1-4-12(19)5-2-10/h1-6,9,19H,7-8,17H2,(H,18,20). The molecule has 0 fully saturated rings. The number of anilines is 1. The highest BCUT2D eigenvalue weighted by atomic mass is 35.5. The van der Waals surface area contributed by atoms with Crippen LogP contribution in [0.5, 0.6) is 5.75 Å². The lowest BCUT2D eigenvalue weighted by atomic mass is 10.1. The van der Waals surface area contributed by atoms with Crippen molar-refractivity contribution in [2.24, 2.45) is 0 Å². The minimum Gasteiger partial charge on any atom is -0.508 e. The van der Waals surface area contributed by atoms with Gasteiger partial charge in [0.2, 0.25) is 0 Å². The van der Waals surface area contributed by atoms with Crippen LogP contribution in [0.1, 0.15) is 15.9 Å². The Kier molecular flexibility index (Phi) is 4.48. The number of rotatable bonds is 4. The number of hydrogen-bond acceptors (Lipinski definition) is 3. The molecule has 0 bridgehead atoms. The quantitative estimate of drug-likeness (QED) is 0.758. The van der Waals surface area contributed by atoms with Crippen LogP contribution >= 0.6 is 11.6 Å². The molecule has 0 aliphatic rings. The van der Waals surface area contributed by atoms with E-state index in [1.807, 2.05) is 12.1 Å². The van der Waals surface area contributed by atoms with Crippen molar-refractivity contribution in [2.45, 2.75) is 6.42 Å². The fourth-order valence-corrected chi connectivity index (χ4v) is 1.98. The summed E-state index contributed by atoms with van der Waals surface area (Å²) in [4.78, 5) is 12.0. The Balaban J connectivity index is 1.92. The highest BCUT2D eigenvalue weighted by Crippen LogP contribution is 2.17. The molecule has 2 aromatic rings. The van der Waals surface area contributed by atoms with Crippen LogP contribution in [0.3, 0.4) is 0 Å². The topological polar surface area (TPSA) is 75.4 Å². The molecular weight excluding hydrogens is 276 g/mol. The first-order chi connectivity index (χ1) is 9.56. The second-order valence-corrected chi connectivity index (χ2v) is 4.84. The number of aromatic hydroxyl groups is 1. The normalized spacial score (nSPS) is 10.2. The summed E-state index contributed by atoms with van der Waals surface area (Å²) in [5, 5.41) is 12.4. The van der Waals surface area contributed by atoms with E-state index in [4.69, 9.17) is 17.3 Å². The van der Waals surface area contributed by atoms with Gasteiger partial charge in [-0.15, -0.1) is 0 Å². The number of halogens is 1. The zero-order valence-electron chi connectivity index (χ0n) is 10.8. The lowest BCUT2D eigenvalue weighted by Crippen LogP contribution is -2.26. The first-order valence-corrected chi connectivity index (χ1v) is 6.55. The smallest absolute Gasteiger partial charge is 0.253 e. The molecule has 0 radical (unpaired) electrons. The number of nitrogen functional groups attached to an aromatic ring is 1. The van der Waals surface area contributed by atoms with Crippen LogP contribution in [0, 0.1) is 0 Å². The second-order valence-electron chi connectivity index (χ2n) is 4.40. The molecule has 1 amide bonds. The number of benzene rings is 2. The van der Waals surface area contributed by atoms with Crippen molar-refractivity contribution in [2.75, 3.05) is 12.3 Å². The van der Waals surface area contributed by atoms with Gasteiger partial charge in [0, 0.05) is 17.3 Å². The summed E-state index contributed by atoms with van der Waals surface area (Å²) in [6, 6.07) is 11.7. The Morgan fingerprint density at radius 3 is 2.60 bits per heavy atom. The van der Waals surface area contributed by atoms with Crippen molar-refractivity contribution < 1.29 is 9.90 Å². The predicted octanol–water partition coefficient (Wildman–Crippen LogP) is 2.60. The summed E-state index contributed by atoms with van der Waals surface area (Å²) >= 11 is 5.85. The number of amides is 1. The number of nitrogens with two attached hydrogens (primary N) is 1. The van der Waals surface area contributed by atoms with Crippen molar-refractivity contribution >= 4 is 23.2 Å². The number of nitrogens with one attached hydrogen (secondary N) is 1. The van der Waals surface area contributed by atoms with E-state index in [2.05, 4.69) is 5.32 Å². The molecule has 4 N–H and O–H groups in total. The third kappa shape index (κ3) is 3.65. The van der Waals surface area contributed by atoms with E-state index in [9.17, 15) is 9.90 Å². The molecule has 0 heterocycles. The zero-order valence-corrected chi connectivity index (χ0v) is 11.5. The first kappa shape index (κ1) is 14.2. The number of phenols is 1. The van der Waals surface area contributed by atoms with Gasteiger partial charge in [-0.3, -0.25) is 4.79 Å². The largest absolute Gasteiger partial charge is 0.508 e. The summed E-state index contributed by atoms with van der Waals surface area (Å²) in [6.07, 6.45) is 0.673. The lowest BCUT2D eigenvalue weighted by Gasteiger charge is -2.08. The third-order valence-corrected chi connectivity index (χ3v) is 3.13. The van der Waals surface area contributed by atoms with Gasteiger partial charge in [-0.25, -0.2) is 0 Å². The minimum absolute atomic E-state index is 0.226. The van der Waals surface area contributed by atoms with Crippen LogP contribution in [0.25, 0.3) is 0 Å². The summed E-state index contributed by atoms with van der Waals surface area (Å²) in [7, 11) is 0. The molecule has 0 aliphatic carbocycles. The minimum atomic E-state index is -0.247. The molecule has 0 saturated carbocycles. The van der Waals surface area contributed by atoms with Crippen molar-refractivity contribution in [1.82, 2.24) is 5.32 Å². The fraction of sp³-hybridized carbons (Fsp3) is 0.133. The first-order valence-electron chi connectivity index (χ1n) is 6.17.